The quantitative estimate of drug-likeness (QED) is 0.893. The number of nitrogens with one attached hydrogen (secondary N) is 2. The minimum Gasteiger partial charge on any atom is -0.345 e. The number of hydrogen-bond acceptors (Lipinski definition) is 2. The second kappa shape index (κ2) is 5.34. The molecule has 2 aromatic rings. The van der Waals surface area contributed by atoms with Gasteiger partial charge in [-0.3, -0.25) is 0 Å². The molecule has 2 N–H and O–H groups in total. The average molecular weight is 334 g/mol. The number of hydrogen-bond donors (Lipinski definition) is 2. The Bertz CT molecular complexity index is 614. The number of aryl methyl sites for hydroxylation is 1. The van der Waals surface area contributed by atoms with E-state index in [0.29, 0.717) is 0 Å². The molecule has 1 aromatic carbocycles. The Morgan fingerprint density at radius 1 is 1.40 bits per heavy atom. The van der Waals surface area contributed by atoms with Gasteiger partial charge in [-0.05, 0) is 38.9 Å². The highest BCUT2D eigenvalue weighted by Gasteiger charge is 2.41. The van der Waals surface area contributed by atoms with Crippen LogP contribution in [0.15, 0.2) is 28.7 Å². The smallest absolute Gasteiger partial charge is 0.114 e. The van der Waals surface area contributed by atoms with Gasteiger partial charge in [-0.1, -0.05) is 34.5 Å². The van der Waals surface area contributed by atoms with Gasteiger partial charge in [-0.15, -0.1) is 0 Å². The molecule has 0 aliphatic heterocycles. The fraction of sp³-hybridized carbons (Fsp3) is 0.438. The van der Waals surface area contributed by atoms with E-state index >= 15 is 0 Å². The third-order valence-electron chi connectivity index (χ3n) is 4.31. The second-order valence-corrected chi connectivity index (χ2v) is 6.65. The minimum absolute atomic E-state index is 0.212. The summed E-state index contributed by atoms with van der Waals surface area (Å²) in [6.07, 6.45) is 3.74. The van der Waals surface area contributed by atoms with Crippen molar-refractivity contribution >= 4 is 15.9 Å². The van der Waals surface area contributed by atoms with Crippen LogP contribution in [0.4, 0.5) is 0 Å². The zero-order chi connectivity index (χ0) is 14.2. The van der Waals surface area contributed by atoms with Crippen molar-refractivity contribution in [3.63, 3.8) is 0 Å². The molecule has 1 heterocycles. The number of H-pyrrole nitrogens is 1. The molecule has 1 fully saturated rings. The molecule has 1 saturated carbocycles. The van der Waals surface area contributed by atoms with Gasteiger partial charge in [0.1, 0.15) is 5.82 Å². The number of benzene rings is 1. The Morgan fingerprint density at radius 3 is 2.80 bits per heavy atom. The Morgan fingerprint density at radius 2 is 2.20 bits per heavy atom. The van der Waals surface area contributed by atoms with E-state index in [4.69, 9.17) is 4.98 Å². The molecule has 0 radical (unpaired) electrons. The van der Waals surface area contributed by atoms with Crippen LogP contribution in [0.1, 0.15) is 30.8 Å². The molecular weight excluding hydrogens is 314 g/mol. The first-order chi connectivity index (χ1) is 9.64. The summed E-state index contributed by atoms with van der Waals surface area (Å²) in [5.74, 6) is 1.14. The van der Waals surface area contributed by atoms with E-state index in [-0.39, 0.29) is 5.41 Å². The second-order valence-electron chi connectivity index (χ2n) is 5.73. The Hall–Kier alpha value is -1.13. The summed E-state index contributed by atoms with van der Waals surface area (Å²) < 4.78 is 1.09. The summed E-state index contributed by atoms with van der Waals surface area (Å²) >= 11 is 3.53. The maximum atomic E-state index is 4.92. The monoisotopic (exact) mass is 333 g/mol. The van der Waals surface area contributed by atoms with E-state index < -0.39 is 0 Å². The largest absolute Gasteiger partial charge is 0.345 e. The Balaban J connectivity index is 1.99. The van der Waals surface area contributed by atoms with Gasteiger partial charge in [0.2, 0.25) is 0 Å². The first-order valence-electron chi connectivity index (χ1n) is 7.12. The summed E-state index contributed by atoms with van der Waals surface area (Å²) in [5.41, 5.74) is 3.60. The van der Waals surface area contributed by atoms with E-state index in [2.05, 4.69) is 51.4 Å². The number of rotatable bonds is 4. The number of halogens is 1. The van der Waals surface area contributed by atoms with Crippen LogP contribution in [0.5, 0.6) is 0 Å². The molecule has 0 amide bonds. The number of aromatic nitrogens is 2. The maximum Gasteiger partial charge on any atom is 0.114 e. The van der Waals surface area contributed by atoms with Gasteiger partial charge >= 0.3 is 0 Å². The summed E-state index contributed by atoms with van der Waals surface area (Å²) in [6.45, 7) is 3.11. The van der Waals surface area contributed by atoms with E-state index in [1.54, 1.807) is 0 Å². The van der Waals surface area contributed by atoms with Crippen molar-refractivity contribution in [1.82, 2.24) is 15.3 Å². The van der Waals surface area contributed by atoms with Crippen LogP contribution < -0.4 is 5.32 Å². The molecular formula is C16H20BrN3. The maximum absolute atomic E-state index is 4.92. The molecule has 1 aromatic heterocycles. The molecule has 0 unspecified atom stereocenters. The summed E-state index contributed by atoms with van der Waals surface area (Å²) in [6, 6.07) is 8.34. The SMILES string of the molecule is CNCC1(c2nc(-c3cccc(Br)c3)c(C)[nH]2)CCC1. The predicted molar refractivity (Wildman–Crippen MR) is 85.9 cm³/mol. The lowest BCUT2D eigenvalue weighted by Gasteiger charge is -2.40. The van der Waals surface area contributed by atoms with Gasteiger partial charge < -0.3 is 10.3 Å². The molecule has 3 rings (SSSR count). The first-order valence-corrected chi connectivity index (χ1v) is 7.91. The summed E-state index contributed by atoms with van der Waals surface area (Å²) in [7, 11) is 2.02. The molecule has 106 valence electrons. The van der Waals surface area contributed by atoms with Crippen LogP contribution in [0.3, 0.4) is 0 Å². The molecule has 1 aliphatic rings. The zero-order valence-corrected chi connectivity index (χ0v) is 13.5. The highest BCUT2D eigenvalue weighted by atomic mass is 79.9. The topological polar surface area (TPSA) is 40.7 Å². The van der Waals surface area contributed by atoms with Crippen LogP contribution in [0.25, 0.3) is 11.3 Å². The Kier molecular flexibility index (Phi) is 3.69. The summed E-state index contributed by atoms with van der Waals surface area (Å²) in [5, 5.41) is 3.32. The van der Waals surface area contributed by atoms with Gasteiger partial charge in [0.25, 0.3) is 0 Å². The molecule has 0 saturated heterocycles. The third kappa shape index (κ3) is 2.31. The average Bonchev–Trinajstić information content (AvgIpc) is 2.76. The molecule has 0 spiro atoms. The Labute approximate surface area is 128 Å². The van der Waals surface area contributed by atoms with Crippen LogP contribution in [0, 0.1) is 6.92 Å². The van der Waals surface area contributed by atoms with Gasteiger partial charge in [0.05, 0.1) is 5.69 Å². The van der Waals surface area contributed by atoms with E-state index in [1.807, 2.05) is 13.1 Å². The lowest BCUT2D eigenvalue weighted by Crippen LogP contribution is -2.43. The first kappa shape index (κ1) is 13.8. The third-order valence-corrected chi connectivity index (χ3v) is 4.80. The molecule has 0 atom stereocenters. The van der Waals surface area contributed by atoms with Gasteiger partial charge in [-0.25, -0.2) is 4.98 Å². The van der Waals surface area contributed by atoms with Gasteiger partial charge in [-0.2, -0.15) is 0 Å². The highest BCUT2D eigenvalue weighted by molar-refractivity contribution is 9.10. The van der Waals surface area contributed by atoms with E-state index in [0.717, 1.165) is 28.2 Å². The van der Waals surface area contributed by atoms with Crippen molar-refractivity contribution in [2.24, 2.45) is 0 Å². The molecule has 20 heavy (non-hydrogen) atoms. The van der Waals surface area contributed by atoms with Crippen LogP contribution in [-0.4, -0.2) is 23.6 Å². The number of nitrogens with zero attached hydrogens (tertiary/aromatic N) is 1. The minimum atomic E-state index is 0.212. The molecule has 1 aliphatic carbocycles. The van der Waals surface area contributed by atoms with Crippen molar-refractivity contribution in [2.45, 2.75) is 31.6 Å². The van der Waals surface area contributed by atoms with Crippen molar-refractivity contribution in [2.75, 3.05) is 13.6 Å². The van der Waals surface area contributed by atoms with Crippen LogP contribution in [0.2, 0.25) is 0 Å². The van der Waals surface area contributed by atoms with Crippen molar-refractivity contribution in [3.05, 3.63) is 40.3 Å². The molecule has 0 bridgehead atoms. The molecule has 3 nitrogen and oxygen atoms in total. The van der Waals surface area contributed by atoms with Gasteiger partial charge in [0.15, 0.2) is 0 Å². The highest BCUT2D eigenvalue weighted by Crippen LogP contribution is 2.42. The van der Waals surface area contributed by atoms with E-state index in [1.165, 1.54) is 24.8 Å². The fourth-order valence-electron chi connectivity index (χ4n) is 3.07. The van der Waals surface area contributed by atoms with Crippen LogP contribution >= 0.6 is 15.9 Å². The van der Waals surface area contributed by atoms with E-state index in [9.17, 15) is 0 Å². The predicted octanol–water partition coefficient (Wildman–Crippen LogP) is 3.79. The summed E-state index contributed by atoms with van der Waals surface area (Å²) in [4.78, 5) is 8.44. The number of likely N-dealkylation sites (N-methyl/N-ethyl adjacent to an activating group) is 1. The van der Waals surface area contributed by atoms with Crippen molar-refractivity contribution in [3.8, 4) is 11.3 Å². The van der Waals surface area contributed by atoms with Crippen molar-refractivity contribution < 1.29 is 0 Å². The lowest BCUT2D eigenvalue weighted by molar-refractivity contribution is 0.226. The lowest BCUT2D eigenvalue weighted by atomic mass is 9.68. The normalized spacial score (nSPS) is 16.9. The zero-order valence-electron chi connectivity index (χ0n) is 12.0. The van der Waals surface area contributed by atoms with Gasteiger partial charge in [0, 0.05) is 27.7 Å². The van der Waals surface area contributed by atoms with Crippen LogP contribution in [-0.2, 0) is 5.41 Å². The standard InChI is InChI=1S/C16H20BrN3/c1-11-14(12-5-3-6-13(17)9-12)20-15(19-11)16(10-18-2)7-4-8-16/h3,5-6,9,18H,4,7-8,10H2,1-2H3,(H,19,20). The van der Waals surface area contributed by atoms with Crippen molar-refractivity contribution in [1.29, 1.82) is 0 Å². The molecule has 4 heteroatoms. The number of imidazole rings is 1. The fourth-order valence-corrected chi connectivity index (χ4v) is 3.47. The number of aromatic amines is 1.